The molecule has 2 aromatic rings. The Bertz CT molecular complexity index is 471. The van der Waals surface area contributed by atoms with Gasteiger partial charge in [0.15, 0.2) is 0 Å². The molecule has 3 nitrogen and oxygen atoms in total. The van der Waals surface area contributed by atoms with Crippen molar-refractivity contribution in [3.63, 3.8) is 0 Å². The third-order valence-electron chi connectivity index (χ3n) is 2.27. The van der Waals surface area contributed by atoms with Crippen molar-refractivity contribution in [3.8, 4) is 0 Å². The highest BCUT2D eigenvalue weighted by molar-refractivity contribution is 5.75. The summed E-state index contributed by atoms with van der Waals surface area (Å²) >= 11 is 0. The van der Waals surface area contributed by atoms with Gasteiger partial charge < -0.3 is 10.3 Å². The minimum Gasteiger partial charge on any atom is -0.341 e. The largest absolute Gasteiger partial charge is 0.341 e. The Morgan fingerprint density at radius 3 is 3.20 bits per heavy atom. The van der Waals surface area contributed by atoms with Gasteiger partial charge in [-0.25, -0.2) is 4.98 Å². The number of hydrogen-bond donors (Lipinski definition) is 2. The van der Waals surface area contributed by atoms with Gasteiger partial charge in [0.1, 0.15) is 5.82 Å². The smallest absolute Gasteiger partial charge is 0.121 e. The maximum absolute atomic E-state index is 4.47. The van der Waals surface area contributed by atoms with Crippen molar-refractivity contribution >= 4 is 11.0 Å². The monoisotopic (exact) mass is 201 g/mol. The van der Waals surface area contributed by atoms with Crippen LogP contribution in [0.4, 0.5) is 0 Å². The zero-order chi connectivity index (χ0) is 10.7. The Morgan fingerprint density at radius 2 is 2.40 bits per heavy atom. The summed E-state index contributed by atoms with van der Waals surface area (Å²) in [5.41, 5.74) is 3.37. The number of aromatic amines is 1. The molecule has 0 amide bonds. The summed E-state index contributed by atoms with van der Waals surface area (Å²) in [6.07, 6.45) is 1.84. The predicted molar refractivity (Wildman–Crippen MR) is 62.7 cm³/mol. The van der Waals surface area contributed by atoms with Crippen molar-refractivity contribution in [1.29, 1.82) is 0 Å². The summed E-state index contributed by atoms with van der Waals surface area (Å²) < 4.78 is 0. The molecule has 3 heteroatoms. The Kier molecular flexibility index (Phi) is 2.83. The SMILES string of the molecule is C=CCNCc1nc2ccc(C)cc2[nH]1. The highest BCUT2D eigenvalue weighted by atomic mass is 15.0. The molecule has 0 bridgehead atoms. The molecule has 2 N–H and O–H groups in total. The van der Waals surface area contributed by atoms with Crippen LogP contribution in [0.15, 0.2) is 30.9 Å². The number of nitrogens with zero attached hydrogens (tertiary/aromatic N) is 1. The molecule has 0 aliphatic rings. The van der Waals surface area contributed by atoms with E-state index in [1.807, 2.05) is 12.1 Å². The first-order valence-electron chi connectivity index (χ1n) is 5.06. The van der Waals surface area contributed by atoms with Crippen molar-refractivity contribution in [2.24, 2.45) is 0 Å². The van der Waals surface area contributed by atoms with E-state index in [0.717, 1.165) is 29.9 Å². The molecule has 0 aliphatic carbocycles. The molecule has 78 valence electrons. The standard InChI is InChI=1S/C12H15N3/c1-3-6-13-8-12-14-10-5-4-9(2)7-11(10)15-12/h3-5,7,13H,1,6,8H2,2H3,(H,14,15). The first kappa shape index (κ1) is 9.93. The summed E-state index contributed by atoms with van der Waals surface area (Å²) in [5.74, 6) is 0.970. The van der Waals surface area contributed by atoms with E-state index in [-0.39, 0.29) is 0 Å². The van der Waals surface area contributed by atoms with Gasteiger partial charge in [0.05, 0.1) is 17.6 Å². The lowest BCUT2D eigenvalue weighted by atomic mass is 10.2. The van der Waals surface area contributed by atoms with E-state index in [1.54, 1.807) is 0 Å². The number of aromatic nitrogens is 2. The molecule has 1 aromatic heterocycles. The Balaban J connectivity index is 2.19. The van der Waals surface area contributed by atoms with E-state index < -0.39 is 0 Å². The van der Waals surface area contributed by atoms with Gasteiger partial charge in [0, 0.05) is 6.54 Å². The highest BCUT2D eigenvalue weighted by Crippen LogP contribution is 2.12. The number of H-pyrrole nitrogens is 1. The lowest BCUT2D eigenvalue weighted by molar-refractivity contribution is 0.728. The van der Waals surface area contributed by atoms with E-state index in [1.165, 1.54) is 5.56 Å². The second kappa shape index (κ2) is 4.28. The van der Waals surface area contributed by atoms with Gasteiger partial charge in [-0.3, -0.25) is 0 Å². The fraction of sp³-hybridized carbons (Fsp3) is 0.250. The van der Waals surface area contributed by atoms with Gasteiger partial charge in [-0.05, 0) is 24.6 Å². The molecule has 2 rings (SSSR count). The van der Waals surface area contributed by atoms with E-state index >= 15 is 0 Å². The minimum absolute atomic E-state index is 0.750. The fourth-order valence-corrected chi connectivity index (χ4v) is 1.55. The van der Waals surface area contributed by atoms with Crippen LogP contribution in [0.25, 0.3) is 11.0 Å². The third kappa shape index (κ3) is 2.25. The molecule has 15 heavy (non-hydrogen) atoms. The molecular weight excluding hydrogens is 186 g/mol. The van der Waals surface area contributed by atoms with Crippen molar-refractivity contribution in [2.45, 2.75) is 13.5 Å². The van der Waals surface area contributed by atoms with Gasteiger partial charge in [-0.2, -0.15) is 0 Å². The molecule has 1 aromatic carbocycles. The van der Waals surface area contributed by atoms with Gasteiger partial charge in [0.25, 0.3) is 0 Å². The molecule has 0 unspecified atom stereocenters. The van der Waals surface area contributed by atoms with Gasteiger partial charge in [0.2, 0.25) is 0 Å². The maximum Gasteiger partial charge on any atom is 0.121 e. The number of nitrogens with one attached hydrogen (secondary N) is 2. The number of aryl methyl sites for hydroxylation is 1. The Hall–Kier alpha value is -1.61. The summed E-state index contributed by atoms with van der Waals surface area (Å²) in [6.45, 7) is 7.28. The second-order valence-electron chi connectivity index (χ2n) is 3.62. The first-order chi connectivity index (χ1) is 7.29. The van der Waals surface area contributed by atoms with E-state index in [9.17, 15) is 0 Å². The van der Waals surface area contributed by atoms with E-state index in [2.05, 4.69) is 40.9 Å². The van der Waals surface area contributed by atoms with Crippen molar-refractivity contribution in [1.82, 2.24) is 15.3 Å². The summed E-state index contributed by atoms with van der Waals surface area (Å²) in [4.78, 5) is 7.76. The van der Waals surface area contributed by atoms with Gasteiger partial charge in [-0.1, -0.05) is 12.1 Å². The lowest BCUT2D eigenvalue weighted by Gasteiger charge is -1.95. The molecule has 0 saturated carbocycles. The molecule has 1 heterocycles. The van der Waals surface area contributed by atoms with Crippen LogP contribution in [0.3, 0.4) is 0 Å². The fourth-order valence-electron chi connectivity index (χ4n) is 1.55. The molecule has 0 fully saturated rings. The number of imidazole rings is 1. The average molecular weight is 201 g/mol. The molecule has 0 radical (unpaired) electrons. The predicted octanol–water partition coefficient (Wildman–Crippen LogP) is 2.15. The Labute approximate surface area is 89.2 Å². The number of hydrogen-bond acceptors (Lipinski definition) is 2. The topological polar surface area (TPSA) is 40.7 Å². The van der Waals surface area contributed by atoms with E-state index in [0.29, 0.717) is 0 Å². The minimum atomic E-state index is 0.750. The molecular formula is C12H15N3. The van der Waals surface area contributed by atoms with Gasteiger partial charge >= 0.3 is 0 Å². The molecule has 0 aliphatic heterocycles. The summed E-state index contributed by atoms with van der Waals surface area (Å²) in [6, 6.07) is 6.22. The van der Waals surface area contributed by atoms with Crippen molar-refractivity contribution in [2.75, 3.05) is 6.54 Å². The van der Waals surface area contributed by atoms with Crippen molar-refractivity contribution < 1.29 is 0 Å². The maximum atomic E-state index is 4.47. The van der Waals surface area contributed by atoms with Crippen LogP contribution < -0.4 is 5.32 Å². The van der Waals surface area contributed by atoms with Gasteiger partial charge in [-0.15, -0.1) is 6.58 Å². The summed E-state index contributed by atoms with van der Waals surface area (Å²) in [7, 11) is 0. The van der Waals surface area contributed by atoms with Crippen LogP contribution in [0, 0.1) is 6.92 Å². The molecule has 0 saturated heterocycles. The number of fused-ring (bicyclic) bond motifs is 1. The quantitative estimate of drug-likeness (QED) is 0.588. The number of benzene rings is 1. The molecule has 0 spiro atoms. The average Bonchev–Trinajstić information content (AvgIpc) is 2.60. The molecule has 0 atom stereocenters. The van der Waals surface area contributed by atoms with E-state index in [4.69, 9.17) is 0 Å². The van der Waals surface area contributed by atoms with Crippen molar-refractivity contribution in [3.05, 3.63) is 42.2 Å². The lowest BCUT2D eigenvalue weighted by Crippen LogP contribution is -2.13. The van der Waals surface area contributed by atoms with Crippen LogP contribution >= 0.6 is 0 Å². The third-order valence-corrected chi connectivity index (χ3v) is 2.27. The van der Waals surface area contributed by atoms with Crippen LogP contribution in [0.1, 0.15) is 11.4 Å². The van der Waals surface area contributed by atoms with Crippen LogP contribution in [-0.2, 0) is 6.54 Å². The van der Waals surface area contributed by atoms with Crippen LogP contribution in [0.2, 0.25) is 0 Å². The van der Waals surface area contributed by atoms with Crippen LogP contribution in [0.5, 0.6) is 0 Å². The Morgan fingerprint density at radius 1 is 1.53 bits per heavy atom. The first-order valence-corrected chi connectivity index (χ1v) is 5.06. The summed E-state index contributed by atoms with van der Waals surface area (Å²) in [5, 5.41) is 3.22. The highest BCUT2D eigenvalue weighted by Gasteiger charge is 2.01. The number of rotatable bonds is 4. The second-order valence-corrected chi connectivity index (χ2v) is 3.62. The van der Waals surface area contributed by atoms with Crippen LogP contribution in [-0.4, -0.2) is 16.5 Å². The zero-order valence-electron chi connectivity index (χ0n) is 8.88. The zero-order valence-corrected chi connectivity index (χ0v) is 8.88. The normalized spacial score (nSPS) is 10.7.